The molecule has 1 unspecified atom stereocenters. The van der Waals surface area contributed by atoms with Gasteiger partial charge in [-0.05, 0) is 26.0 Å². The summed E-state index contributed by atoms with van der Waals surface area (Å²) in [6.07, 6.45) is -0.617. The number of carbonyl (C=O) groups is 1. The number of rotatable bonds is 4. The van der Waals surface area contributed by atoms with E-state index in [2.05, 4.69) is 4.74 Å². The largest absolute Gasteiger partial charge is 0.509 e. The molecule has 0 spiro atoms. The average molecular weight is 226 g/mol. The Morgan fingerprint density at radius 3 is 2.67 bits per heavy atom. The number of thioether (sulfide) groups is 1. The van der Waals surface area contributed by atoms with E-state index >= 15 is 0 Å². The Labute approximate surface area is 93.8 Å². The van der Waals surface area contributed by atoms with Gasteiger partial charge in [0.15, 0.2) is 5.44 Å². The number of hydrogen-bond acceptors (Lipinski definition) is 4. The van der Waals surface area contributed by atoms with Crippen molar-refractivity contribution in [2.45, 2.75) is 24.2 Å². The molecule has 1 rings (SSSR count). The highest BCUT2D eigenvalue weighted by molar-refractivity contribution is 7.99. The van der Waals surface area contributed by atoms with Gasteiger partial charge in [-0.3, -0.25) is 0 Å². The summed E-state index contributed by atoms with van der Waals surface area (Å²) in [6, 6.07) is 9.77. The van der Waals surface area contributed by atoms with Crippen molar-refractivity contribution in [3.63, 3.8) is 0 Å². The van der Waals surface area contributed by atoms with Crippen molar-refractivity contribution in [2.75, 3.05) is 6.61 Å². The zero-order valence-corrected chi connectivity index (χ0v) is 9.62. The molecule has 1 aromatic rings. The van der Waals surface area contributed by atoms with Gasteiger partial charge in [-0.25, -0.2) is 4.79 Å². The molecule has 0 saturated carbocycles. The molecule has 0 bridgehead atoms. The maximum atomic E-state index is 11.0. The average Bonchev–Trinajstić information content (AvgIpc) is 2.19. The molecular weight excluding hydrogens is 212 g/mol. The van der Waals surface area contributed by atoms with Crippen LogP contribution in [0.4, 0.5) is 4.79 Å². The van der Waals surface area contributed by atoms with Gasteiger partial charge in [0.05, 0.1) is 6.61 Å². The molecule has 0 radical (unpaired) electrons. The standard InChI is InChI=1S/C11H14O3S/c1-3-13-11(12)14-9(2)15-10-7-5-4-6-8-10/h4-9H,3H2,1-2H3. The lowest BCUT2D eigenvalue weighted by Crippen LogP contribution is -2.12. The number of ether oxygens (including phenoxy) is 2. The van der Waals surface area contributed by atoms with Gasteiger partial charge in [0, 0.05) is 4.90 Å². The van der Waals surface area contributed by atoms with E-state index in [0.29, 0.717) is 6.61 Å². The minimum Gasteiger partial charge on any atom is -0.435 e. The van der Waals surface area contributed by atoms with E-state index in [-0.39, 0.29) is 5.44 Å². The van der Waals surface area contributed by atoms with Gasteiger partial charge in [-0.1, -0.05) is 30.0 Å². The second-order valence-electron chi connectivity index (χ2n) is 2.80. The summed E-state index contributed by atoms with van der Waals surface area (Å²) >= 11 is 1.47. The monoisotopic (exact) mass is 226 g/mol. The molecule has 82 valence electrons. The Hall–Kier alpha value is -1.16. The highest BCUT2D eigenvalue weighted by atomic mass is 32.2. The van der Waals surface area contributed by atoms with E-state index in [0.717, 1.165) is 4.90 Å². The second-order valence-corrected chi connectivity index (χ2v) is 4.17. The normalized spacial score (nSPS) is 11.9. The van der Waals surface area contributed by atoms with Crippen LogP contribution >= 0.6 is 11.8 Å². The van der Waals surface area contributed by atoms with Gasteiger partial charge >= 0.3 is 6.16 Å². The summed E-state index contributed by atoms with van der Waals surface area (Å²) in [5, 5.41) is 0. The summed E-state index contributed by atoms with van der Waals surface area (Å²) in [5.74, 6) is 0. The van der Waals surface area contributed by atoms with Gasteiger partial charge in [0.1, 0.15) is 0 Å². The van der Waals surface area contributed by atoms with Crippen molar-refractivity contribution in [3.05, 3.63) is 30.3 Å². The zero-order valence-electron chi connectivity index (χ0n) is 8.80. The third kappa shape index (κ3) is 4.74. The van der Waals surface area contributed by atoms with E-state index in [1.807, 2.05) is 37.3 Å². The van der Waals surface area contributed by atoms with Crippen molar-refractivity contribution in [1.82, 2.24) is 0 Å². The minimum absolute atomic E-state index is 0.244. The third-order valence-corrected chi connectivity index (χ3v) is 2.54. The predicted octanol–water partition coefficient (Wildman–Crippen LogP) is 3.30. The van der Waals surface area contributed by atoms with Gasteiger partial charge in [-0.2, -0.15) is 0 Å². The SMILES string of the molecule is CCOC(=O)OC(C)Sc1ccccc1. The molecule has 0 fully saturated rings. The first-order chi connectivity index (χ1) is 7.22. The number of carbonyl (C=O) groups excluding carboxylic acids is 1. The molecule has 3 nitrogen and oxygen atoms in total. The van der Waals surface area contributed by atoms with Crippen LogP contribution in [-0.4, -0.2) is 18.2 Å². The summed E-state index contributed by atoms with van der Waals surface area (Å²) in [7, 11) is 0. The Morgan fingerprint density at radius 2 is 2.07 bits per heavy atom. The fourth-order valence-electron chi connectivity index (χ4n) is 1.00. The lowest BCUT2D eigenvalue weighted by atomic mass is 10.4. The zero-order chi connectivity index (χ0) is 11.1. The number of hydrogen-bond donors (Lipinski definition) is 0. The second kappa shape index (κ2) is 6.35. The van der Waals surface area contributed by atoms with Crippen LogP contribution in [0, 0.1) is 0 Å². The first-order valence-corrected chi connectivity index (χ1v) is 5.65. The number of benzene rings is 1. The van der Waals surface area contributed by atoms with Crippen LogP contribution < -0.4 is 0 Å². The van der Waals surface area contributed by atoms with Crippen LogP contribution in [0.1, 0.15) is 13.8 Å². The van der Waals surface area contributed by atoms with E-state index in [1.54, 1.807) is 6.92 Å². The summed E-state index contributed by atoms with van der Waals surface area (Å²) in [6.45, 7) is 3.90. The van der Waals surface area contributed by atoms with Crippen molar-refractivity contribution >= 4 is 17.9 Å². The fourth-order valence-corrected chi connectivity index (χ4v) is 1.83. The third-order valence-electron chi connectivity index (χ3n) is 1.57. The first-order valence-electron chi connectivity index (χ1n) is 4.77. The van der Waals surface area contributed by atoms with Crippen molar-refractivity contribution in [2.24, 2.45) is 0 Å². The fraction of sp³-hybridized carbons (Fsp3) is 0.364. The van der Waals surface area contributed by atoms with Crippen LogP contribution in [0.5, 0.6) is 0 Å². The van der Waals surface area contributed by atoms with Crippen LogP contribution in [0.2, 0.25) is 0 Å². The minimum atomic E-state index is -0.617. The van der Waals surface area contributed by atoms with Gasteiger partial charge in [0.25, 0.3) is 0 Å². The lowest BCUT2D eigenvalue weighted by Gasteiger charge is -2.11. The van der Waals surface area contributed by atoms with E-state index < -0.39 is 6.16 Å². The van der Waals surface area contributed by atoms with Crippen LogP contribution in [0.15, 0.2) is 35.2 Å². The molecule has 0 aliphatic rings. The molecule has 0 amide bonds. The molecule has 1 aromatic carbocycles. The lowest BCUT2D eigenvalue weighted by molar-refractivity contribution is 0.0551. The molecule has 0 aliphatic carbocycles. The quantitative estimate of drug-likeness (QED) is 0.448. The summed E-state index contributed by atoms with van der Waals surface area (Å²) in [5.41, 5.74) is -0.244. The molecule has 0 aliphatic heterocycles. The smallest absolute Gasteiger partial charge is 0.435 e. The molecule has 0 aromatic heterocycles. The highest BCUT2D eigenvalue weighted by Crippen LogP contribution is 2.23. The van der Waals surface area contributed by atoms with Crippen molar-refractivity contribution in [1.29, 1.82) is 0 Å². The molecule has 1 atom stereocenters. The molecule has 0 N–H and O–H groups in total. The summed E-state index contributed by atoms with van der Waals surface area (Å²) < 4.78 is 9.67. The molecule has 15 heavy (non-hydrogen) atoms. The van der Waals surface area contributed by atoms with E-state index in [4.69, 9.17) is 4.74 Å². The van der Waals surface area contributed by atoms with E-state index in [9.17, 15) is 4.79 Å². The predicted molar refractivity (Wildman–Crippen MR) is 59.9 cm³/mol. The Bertz CT molecular complexity index is 300. The maximum Gasteiger partial charge on any atom is 0.509 e. The Morgan fingerprint density at radius 1 is 1.40 bits per heavy atom. The van der Waals surface area contributed by atoms with Crippen LogP contribution in [0.3, 0.4) is 0 Å². The van der Waals surface area contributed by atoms with Crippen LogP contribution in [0.25, 0.3) is 0 Å². The van der Waals surface area contributed by atoms with E-state index in [1.165, 1.54) is 11.8 Å². The molecule has 0 saturated heterocycles. The van der Waals surface area contributed by atoms with Crippen molar-refractivity contribution < 1.29 is 14.3 Å². The topological polar surface area (TPSA) is 35.5 Å². The first kappa shape index (κ1) is 11.9. The highest BCUT2D eigenvalue weighted by Gasteiger charge is 2.10. The Balaban J connectivity index is 2.36. The Kier molecular flexibility index (Phi) is 5.04. The summed E-state index contributed by atoms with van der Waals surface area (Å²) in [4.78, 5) is 12.1. The van der Waals surface area contributed by atoms with Gasteiger partial charge < -0.3 is 9.47 Å². The van der Waals surface area contributed by atoms with Gasteiger partial charge in [-0.15, -0.1) is 0 Å². The maximum absolute atomic E-state index is 11.0. The molecule has 4 heteroatoms. The molecule has 0 heterocycles. The van der Waals surface area contributed by atoms with Gasteiger partial charge in [0.2, 0.25) is 0 Å². The molecular formula is C11H14O3S. The van der Waals surface area contributed by atoms with Crippen molar-refractivity contribution in [3.8, 4) is 0 Å². The van der Waals surface area contributed by atoms with Crippen LogP contribution in [-0.2, 0) is 9.47 Å².